The molecule has 0 aromatic heterocycles. The minimum atomic E-state index is -4.69. The third kappa shape index (κ3) is 6.07. The first-order chi connectivity index (χ1) is 15.1. The van der Waals surface area contributed by atoms with Crippen LogP contribution < -0.4 is 10.2 Å². The van der Waals surface area contributed by atoms with E-state index in [4.69, 9.17) is 4.74 Å². The Morgan fingerprint density at radius 3 is 2.62 bits per heavy atom. The van der Waals surface area contributed by atoms with Crippen LogP contribution in [0.15, 0.2) is 70.2 Å². The Balaban J connectivity index is 1.79. The molecule has 0 saturated carbocycles. The summed E-state index contributed by atoms with van der Waals surface area (Å²) in [7, 11) is 0. The normalized spacial score (nSPS) is 11.5. The van der Waals surface area contributed by atoms with Gasteiger partial charge in [0.15, 0.2) is 0 Å². The zero-order valence-electron chi connectivity index (χ0n) is 16.7. The number of halogens is 4. The van der Waals surface area contributed by atoms with Gasteiger partial charge in [-0.25, -0.2) is 0 Å². The Labute approximate surface area is 190 Å². The van der Waals surface area contributed by atoms with Crippen LogP contribution in [0.2, 0.25) is 0 Å². The third-order valence-corrected chi connectivity index (χ3v) is 4.85. The van der Waals surface area contributed by atoms with E-state index in [0.717, 1.165) is 27.7 Å². The third-order valence-electron chi connectivity index (χ3n) is 4.36. The number of nitrogens with one attached hydrogen (secondary N) is 1. The fourth-order valence-electron chi connectivity index (χ4n) is 2.84. The molecule has 0 spiro atoms. The number of hydrazone groups is 1. The van der Waals surface area contributed by atoms with Gasteiger partial charge in [0.1, 0.15) is 18.0 Å². The van der Waals surface area contributed by atoms with Crippen LogP contribution in [-0.4, -0.2) is 11.1 Å². The van der Waals surface area contributed by atoms with Crippen molar-refractivity contribution < 1.29 is 22.8 Å². The second-order valence-corrected chi connectivity index (χ2v) is 7.73. The van der Waals surface area contributed by atoms with Gasteiger partial charge in [0, 0.05) is 16.1 Å². The van der Waals surface area contributed by atoms with Gasteiger partial charge < -0.3 is 4.74 Å². The number of hydrogen-bond acceptors (Lipinski definition) is 5. The molecule has 3 aromatic rings. The predicted octanol–water partition coefficient (Wildman–Crippen LogP) is 6.71. The van der Waals surface area contributed by atoms with Crippen LogP contribution in [-0.2, 0) is 12.8 Å². The Morgan fingerprint density at radius 2 is 1.94 bits per heavy atom. The van der Waals surface area contributed by atoms with Gasteiger partial charge >= 0.3 is 6.18 Å². The summed E-state index contributed by atoms with van der Waals surface area (Å²) in [6.45, 7) is 2.30. The highest BCUT2D eigenvalue weighted by atomic mass is 79.9. The molecule has 1 N–H and O–H groups in total. The Bertz CT molecular complexity index is 1170. The van der Waals surface area contributed by atoms with E-state index in [1.165, 1.54) is 6.21 Å². The molecule has 0 unspecified atom stereocenters. The van der Waals surface area contributed by atoms with Crippen molar-refractivity contribution >= 4 is 33.5 Å². The largest absolute Gasteiger partial charge is 0.488 e. The lowest BCUT2D eigenvalue weighted by Crippen LogP contribution is -2.06. The molecule has 166 valence electrons. The molecular formula is C22H17BrF3N3O3. The summed E-state index contributed by atoms with van der Waals surface area (Å²) in [5.41, 5.74) is 3.07. The highest BCUT2D eigenvalue weighted by Crippen LogP contribution is 2.35. The molecular weight excluding hydrogens is 491 g/mol. The van der Waals surface area contributed by atoms with Crippen molar-refractivity contribution in [2.45, 2.75) is 19.7 Å². The average molecular weight is 508 g/mol. The number of nitrogens with zero attached hydrogens (tertiary/aromatic N) is 2. The minimum absolute atomic E-state index is 0.170. The van der Waals surface area contributed by atoms with E-state index < -0.39 is 22.4 Å². The second-order valence-electron chi connectivity index (χ2n) is 6.82. The van der Waals surface area contributed by atoms with Gasteiger partial charge in [0.05, 0.1) is 16.7 Å². The number of hydrogen-bond donors (Lipinski definition) is 1. The van der Waals surface area contributed by atoms with Crippen LogP contribution >= 0.6 is 15.9 Å². The molecule has 0 amide bonds. The first kappa shape index (κ1) is 23.3. The minimum Gasteiger partial charge on any atom is -0.488 e. The molecule has 0 aliphatic carbocycles. The van der Waals surface area contributed by atoms with E-state index in [0.29, 0.717) is 24.0 Å². The van der Waals surface area contributed by atoms with Crippen LogP contribution in [0.4, 0.5) is 24.5 Å². The molecule has 6 nitrogen and oxygen atoms in total. The van der Waals surface area contributed by atoms with Gasteiger partial charge in [-0.2, -0.15) is 18.3 Å². The summed E-state index contributed by atoms with van der Waals surface area (Å²) in [6.07, 6.45) is -3.32. The van der Waals surface area contributed by atoms with E-state index in [9.17, 15) is 23.3 Å². The molecule has 3 aromatic carbocycles. The number of alkyl halides is 3. The molecule has 0 aliphatic heterocycles. The molecule has 0 fully saturated rings. The van der Waals surface area contributed by atoms with Crippen molar-refractivity contribution in [1.82, 2.24) is 0 Å². The van der Waals surface area contributed by atoms with Crippen LogP contribution in [0.1, 0.15) is 22.3 Å². The van der Waals surface area contributed by atoms with Crippen LogP contribution in [0.3, 0.4) is 0 Å². The summed E-state index contributed by atoms with van der Waals surface area (Å²) >= 11 is 3.36. The predicted molar refractivity (Wildman–Crippen MR) is 119 cm³/mol. The second kappa shape index (κ2) is 9.82. The SMILES string of the molecule is Cc1cccc(COc2ccc(Br)cc2/C=N\Nc2ccc(C(F)(F)F)cc2[N+](=O)[O-])c1. The van der Waals surface area contributed by atoms with Crippen LogP contribution in [0, 0.1) is 17.0 Å². The summed E-state index contributed by atoms with van der Waals surface area (Å²) in [5, 5.41) is 15.2. The topological polar surface area (TPSA) is 76.8 Å². The van der Waals surface area contributed by atoms with Gasteiger partial charge in [-0.15, -0.1) is 0 Å². The lowest BCUT2D eigenvalue weighted by atomic mass is 10.1. The fraction of sp³-hybridized carbons (Fsp3) is 0.136. The number of aryl methyl sites for hydroxylation is 1. The van der Waals surface area contributed by atoms with Gasteiger partial charge in [-0.05, 0) is 42.8 Å². The Kier molecular flexibility index (Phi) is 7.14. The lowest BCUT2D eigenvalue weighted by molar-refractivity contribution is -0.384. The van der Waals surface area contributed by atoms with E-state index in [1.807, 2.05) is 31.2 Å². The first-order valence-corrected chi connectivity index (χ1v) is 10.1. The molecule has 0 bridgehead atoms. The Hall–Kier alpha value is -3.40. The van der Waals surface area contributed by atoms with Crippen molar-refractivity contribution in [3.63, 3.8) is 0 Å². The molecule has 0 heterocycles. The summed E-state index contributed by atoms with van der Waals surface area (Å²) in [5.74, 6) is 0.516. The van der Waals surface area contributed by atoms with Crippen molar-refractivity contribution in [3.05, 3.63) is 97.5 Å². The maximum Gasteiger partial charge on any atom is 0.416 e. The van der Waals surface area contributed by atoms with Crippen LogP contribution in [0.5, 0.6) is 5.75 Å². The molecule has 0 radical (unpaired) electrons. The monoisotopic (exact) mass is 507 g/mol. The van der Waals surface area contributed by atoms with Crippen molar-refractivity contribution in [2.24, 2.45) is 5.10 Å². The summed E-state index contributed by atoms with van der Waals surface area (Å²) in [4.78, 5) is 10.3. The molecule has 10 heteroatoms. The molecule has 32 heavy (non-hydrogen) atoms. The van der Waals surface area contributed by atoms with E-state index >= 15 is 0 Å². The molecule has 3 rings (SSSR count). The number of nitro benzene ring substituents is 1. The number of rotatable bonds is 7. The number of ether oxygens (including phenoxy) is 1. The number of nitro groups is 1. The fourth-order valence-corrected chi connectivity index (χ4v) is 3.22. The van der Waals surface area contributed by atoms with E-state index in [1.54, 1.807) is 18.2 Å². The van der Waals surface area contributed by atoms with Gasteiger partial charge in [0.2, 0.25) is 0 Å². The zero-order chi connectivity index (χ0) is 23.3. The smallest absolute Gasteiger partial charge is 0.416 e. The highest BCUT2D eigenvalue weighted by Gasteiger charge is 2.33. The lowest BCUT2D eigenvalue weighted by Gasteiger charge is -2.11. The number of anilines is 1. The van der Waals surface area contributed by atoms with E-state index in [2.05, 4.69) is 26.5 Å². The standard InChI is InChI=1S/C22H17BrF3N3O3/c1-14-3-2-4-15(9-14)13-32-21-8-6-18(23)10-16(21)12-27-28-19-7-5-17(22(24,25)26)11-20(19)29(30)31/h2-12,28H,13H2,1H3/b27-12-. The van der Waals surface area contributed by atoms with Crippen molar-refractivity contribution in [1.29, 1.82) is 0 Å². The number of benzene rings is 3. The molecule has 0 atom stereocenters. The van der Waals surface area contributed by atoms with Crippen molar-refractivity contribution in [3.8, 4) is 5.75 Å². The van der Waals surface area contributed by atoms with Crippen molar-refractivity contribution in [2.75, 3.05) is 5.43 Å². The molecule has 0 saturated heterocycles. The van der Waals surface area contributed by atoms with Crippen LogP contribution in [0.25, 0.3) is 0 Å². The van der Waals surface area contributed by atoms with Gasteiger partial charge in [-0.1, -0.05) is 45.8 Å². The first-order valence-electron chi connectivity index (χ1n) is 9.26. The molecule has 0 aliphatic rings. The average Bonchev–Trinajstić information content (AvgIpc) is 2.72. The summed E-state index contributed by atoms with van der Waals surface area (Å²) in [6, 6.07) is 15.3. The Morgan fingerprint density at radius 1 is 1.16 bits per heavy atom. The maximum atomic E-state index is 12.8. The van der Waals surface area contributed by atoms with E-state index in [-0.39, 0.29) is 5.69 Å². The summed E-state index contributed by atoms with van der Waals surface area (Å²) < 4.78 is 45.2. The van der Waals surface area contributed by atoms with Gasteiger partial charge in [0.25, 0.3) is 5.69 Å². The van der Waals surface area contributed by atoms with Gasteiger partial charge in [-0.3, -0.25) is 15.5 Å². The quantitative estimate of drug-likeness (QED) is 0.219. The maximum absolute atomic E-state index is 12.8. The highest BCUT2D eigenvalue weighted by molar-refractivity contribution is 9.10. The zero-order valence-corrected chi connectivity index (χ0v) is 18.3.